The van der Waals surface area contributed by atoms with Crippen LogP contribution in [0, 0.1) is 0 Å². The standard InChI is InChI=1S/C18H24O3/c1-14(2)18(19)20-13-12-15-8-10-17(11-9-15)21-16-6-4-3-5-7-16/h8-11,16H,1,3-7,12-13H2,2H3. The van der Waals surface area contributed by atoms with E-state index in [1.165, 1.54) is 32.1 Å². The van der Waals surface area contributed by atoms with Gasteiger partial charge in [0.2, 0.25) is 0 Å². The third-order valence-corrected chi connectivity index (χ3v) is 3.75. The molecule has 1 aromatic rings. The van der Waals surface area contributed by atoms with Crippen molar-refractivity contribution in [1.29, 1.82) is 0 Å². The summed E-state index contributed by atoms with van der Waals surface area (Å²) >= 11 is 0. The molecule has 1 saturated carbocycles. The Morgan fingerprint density at radius 3 is 2.48 bits per heavy atom. The molecule has 0 N–H and O–H groups in total. The molecule has 3 nitrogen and oxygen atoms in total. The summed E-state index contributed by atoms with van der Waals surface area (Å²) < 4.78 is 11.1. The molecular formula is C18H24O3. The maximum atomic E-state index is 11.3. The van der Waals surface area contributed by atoms with E-state index in [1.54, 1.807) is 6.92 Å². The molecule has 0 aromatic heterocycles. The number of hydrogen-bond donors (Lipinski definition) is 0. The summed E-state index contributed by atoms with van der Waals surface area (Å²) in [6.45, 7) is 5.59. The molecule has 0 saturated heterocycles. The zero-order valence-corrected chi connectivity index (χ0v) is 12.8. The zero-order valence-electron chi connectivity index (χ0n) is 12.8. The van der Waals surface area contributed by atoms with Gasteiger partial charge in [0, 0.05) is 12.0 Å². The highest BCUT2D eigenvalue weighted by Gasteiger charge is 2.14. The lowest BCUT2D eigenvalue weighted by Gasteiger charge is -2.23. The molecule has 3 heteroatoms. The van der Waals surface area contributed by atoms with E-state index in [9.17, 15) is 4.79 Å². The van der Waals surface area contributed by atoms with Gasteiger partial charge in [-0.1, -0.05) is 25.1 Å². The molecule has 0 unspecified atom stereocenters. The Morgan fingerprint density at radius 2 is 1.86 bits per heavy atom. The van der Waals surface area contributed by atoms with E-state index in [2.05, 4.69) is 6.58 Å². The number of carbonyl (C=O) groups is 1. The normalized spacial score (nSPS) is 15.5. The molecule has 0 aliphatic heterocycles. The maximum absolute atomic E-state index is 11.3. The lowest BCUT2D eigenvalue weighted by molar-refractivity contribution is -0.138. The SMILES string of the molecule is C=C(C)C(=O)OCCc1ccc(OC2CCCCC2)cc1. The summed E-state index contributed by atoms with van der Waals surface area (Å²) in [5.41, 5.74) is 1.58. The number of rotatable bonds is 6. The third kappa shape index (κ3) is 5.25. The van der Waals surface area contributed by atoms with Crippen LogP contribution in [0.2, 0.25) is 0 Å². The summed E-state index contributed by atoms with van der Waals surface area (Å²) in [6.07, 6.45) is 7.30. The monoisotopic (exact) mass is 288 g/mol. The van der Waals surface area contributed by atoms with Gasteiger partial charge in [0.05, 0.1) is 12.7 Å². The predicted molar refractivity (Wildman–Crippen MR) is 83.4 cm³/mol. The van der Waals surface area contributed by atoms with Crippen molar-refractivity contribution in [1.82, 2.24) is 0 Å². The van der Waals surface area contributed by atoms with Crippen LogP contribution >= 0.6 is 0 Å². The average Bonchev–Trinajstić information content (AvgIpc) is 2.50. The molecule has 0 spiro atoms. The van der Waals surface area contributed by atoms with Gasteiger partial charge < -0.3 is 9.47 Å². The van der Waals surface area contributed by atoms with Gasteiger partial charge in [-0.25, -0.2) is 4.79 Å². The minimum Gasteiger partial charge on any atom is -0.490 e. The van der Waals surface area contributed by atoms with Gasteiger partial charge in [-0.3, -0.25) is 0 Å². The summed E-state index contributed by atoms with van der Waals surface area (Å²) in [6, 6.07) is 8.08. The Bertz CT molecular complexity index is 470. The molecule has 21 heavy (non-hydrogen) atoms. The fraction of sp³-hybridized carbons (Fsp3) is 0.500. The number of benzene rings is 1. The van der Waals surface area contributed by atoms with Gasteiger partial charge in [0.15, 0.2) is 0 Å². The van der Waals surface area contributed by atoms with Crippen molar-refractivity contribution in [3.63, 3.8) is 0 Å². The summed E-state index contributed by atoms with van der Waals surface area (Å²) in [4.78, 5) is 11.3. The minimum atomic E-state index is -0.327. The van der Waals surface area contributed by atoms with Gasteiger partial charge in [-0.2, -0.15) is 0 Å². The van der Waals surface area contributed by atoms with Crippen molar-refractivity contribution in [2.75, 3.05) is 6.61 Å². The maximum Gasteiger partial charge on any atom is 0.333 e. The highest BCUT2D eigenvalue weighted by molar-refractivity contribution is 5.86. The van der Waals surface area contributed by atoms with Crippen molar-refractivity contribution in [2.24, 2.45) is 0 Å². The van der Waals surface area contributed by atoms with Gasteiger partial charge in [-0.05, 0) is 50.3 Å². The topological polar surface area (TPSA) is 35.5 Å². The second-order valence-corrected chi connectivity index (χ2v) is 5.69. The van der Waals surface area contributed by atoms with Crippen LogP contribution in [0.4, 0.5) is 0 Å². The Hall–Kier alpha value is -1.77. The highest BCUT2D eigenvalue weighted by Crippen LogP contribution is 2.23. The summed E-state index contributed by atoms with van der Waals surface area (Å²) in [7, 11) is 0. The van der Waals surface area contributed by atoms with E-state index < -0.39 is 0 Å². The first-order chi connectivity index (χ1) is 10.1. The number of carbonyl (C=O) groups excluding carboxylic acids is 1. The van der Waals surface area contributed by atoms with E-state index in [4.69, 9.17) is 9.47 Å². The molecular weight excluding hydrogens is 264 g/mol. The molecule has 114 valence electrons. The van der Waals surface area contributed by atoms with Gasteiger partial charge in [0.25, 0.3) is 0 Å². The van der Waals surface area contributed by atoms with E-state index in [1.807, 2.05) is 24.3 Å². The van der Waals surface area contributed by atoms with Crippen LogP contribution in [0.3, 0.4) is 0 Å². The van der Waals surface area contributed by atoms with Crippen molar-refractivity contribution in [3.05, 3.63) is 42.0 Å². The van der Waals surface area contributed by atoms with Crippen molar-refractivity contribution in [2.45, 2.75) is 51.6 Å². The lowest BCUT2D eigenvalue weighted by atomic mass is 9.98. The second-order valence-electron chi connectivity index (χ2n) is 5.69. The minimum absolute atomic E-state index is 0.327. The molecule has 1 aliphatic rings. The van der Waals surface area contributed by atoms with Crippen LogP contribution in [-0.2, 0) is 16.0 Å². The molecule has 1 fully saturated rings. The van der Waals surface area contributed by atoms with Crippen LogP contribution in [0.1, 0.15) is 44.6 Å². The molecule has 1 aliphatic carbocycles. The zero-order chi connectivity index (χ0) is 15.1. The number of ether oxygens (including phenoxy) is 2. The Morgan fingerprint density at radius 1 is 1.19 bits per heavy atom. The Labute approximate surface area is 127 Å². The van der Waals surface area contributed by atoms with Gasteiger partial charge >= 0.3 is 5.97 Å². The molecule has 0 atom stereocenters. The summed E-state index contributed by atoms with van der Waals surface area (Å²) in [5.74, 6) is 0.608. The third-order valence-electron chi connectivity index (χ3n) is 3.75. The molecule has 0 bridgehead atoms. The number of esters is 1. The van der Waals surface area contributed by atoms with Crippen LogP contribution in [0.5, 0.6) is 5.75 Å². The predicted octanol–water partition coefficient (Wildman–Crippen LogP) is 4.06. The fourth-order valence-electron chi connectivity index (χ4n) is 2.49. The van der Waals surface area contributed by atoms with E-state index >= 15 is 0 Å². The van der Waals surface area contributed by atoms with Crippen molar-refractivity contribution in [3.8, 4) is 5.75 Å². The van der Waals surface area contributed by atoms with Crippen LogP contribution < -0.4 is 4.74 Å². The van der Waals surface area contributed by atoms with Gasteiger partial charge in [0.1, 0.15) is 5.75 Å². The van der Waals surface area contributed by atoms with Crippen LogP contribution in [-0.4, -0.2) is 18.7 Å². The van der Waals surface area contributed by atoms with Crippen LogP contribution in [0.25, 0.3) is 0 Å². The first kappa shape index (κ1) is 15.6. The van der Waals surface area contributed by atoms with Crippen LogP contribution in [0.15, 0.2) is 36.4 Å². The molecule has 0 heterocycles. The molecule has 0 radical (unpaired) electrons. The fourth-order valence-corrected chi connectivity index (χ4v) is 2.49. The largest absolute Gasteiger partial charge is 0.490 e. The van der Waals surface area contributed by atoms with E-state index in [0.29, 0.717) is 24.7 Å². The first-order valence-corrected chi connectivity index (χ1v) is 7.73. The number of hydrogen-bond acceptors (Lipinski definition) is 3. The second kappa shape index (κ2) is 7.87. The Kier molecular flexibility index (Phi) is 5.85. The smallest absolute Gasteiger partial charge is 0.333 e. The average molecular weight is 288 g/mol. The lowest BCUT2D eigenvalue weighted by Crippen LogP contribution is -2.19. The van der Waals surface area contributed by atoms with Crippen molar-refractivity contribution >= 4 is 5.97 Å². The highest BCUT2D eigenvalue weighted by atomic mass is 16.5. The Balaban J connectivity index is 1.76. The molecule has 0 amide bonds. The molecule has 1 aromatic carbocycles. The quantitative estimate of drug-likeness (QED) is 0.585. The van der Waals surface area contributed by atoms with E-state index in [0.717, 1.165) is 11.3 Å². The first-order valence-electron chi connectivity index (χ1n) is 7.73. The molecule has 2 rings (SSSR count). The van der Waals surface area contributed by atoms with Gasteiger partial charge in [-0.15, -0.1) is 0 Å². The van der Waals surface area contributed by atoms with Crippen molar-refractivity contribution < 1.29 is 14.3 Å². The van der Waals surface area contributed by atoms with E-state index in [-0.39, 0.29) is 5.97 Å². The summed E-state index contributed by atoms with van der Waals surface area (Å²) in [5, 5.41) is 0.